The van der Waals surface area contributed by atoms with Crippen molar-refractivity contribution in [3.63, 3.8) is 0 Å². The summed E-state index contributed by atoms with van der Waals surface area (Å²) >= 11 is 0. The molecule has 0 bridgehead atoms. The fourth-order valence-electron chi connectivity index (χ4n) is 4.76. The summed E-state index contributed by atoms with van der Waals surface area (Å²) < 4.78 is 6.58. The molecule has 5 rings (SSSR count). The van der Waals surface area contributed by atoms with E-state index in [4.69, 9.17) is 9.84 Å². The van der Waals surface area contributed by atoms with Crippen molar-refractivity contribution in [1.29, 1.82) is 0 Å². The average Bonchev–Trinajstić information content (AvgIpc) is 3.24. The summed E-state index contributed by atoms with van der Waals surface area (Å²) in [5, 5.41) is 7.35. The van der Waals surface area contributed by atoms with Gasteiger partial charge in [-0.25, -0.2) is 5.01 Å². The van der Waals surface area contributed by atoms with E-state index in [-0.39, 0.29) is 17.7 Å². The number of benzene rings is 2. The zero-order valence-corrected chi connectivity index (χ0v) is 16.2. The predicted molar refractivity (Wildman–Crippen MR) is 109 cm³/mol. The third-order valence-corrected chi connectivity index (χ3v) is 6.80. The molecular formula is C24H26N2O. The number of hydrazone groups is 1. The lowest BCUT2D eigenvalue weighted by atomic mass is 9.76. The Kier molecular flexibility index (Phi) is 3.68. The van der Waals surface area contributed by atoms with Crippen molar-refractivity contribution in [2.75, 3.05) is 0 Å². The van der Waals surface area contributed by atoms with Gasteiger partial charge in [-0.1, -0.05) is 74.0 Å². The minimum atomic E-state index is -0.0326. The van der Waals surface area contributed by atoms with Crippen LogP contribution in [0.1, 0.15) is 50.8 Å². The first kappa shape index (κ1) is 16.6. The Balaban J connectivity index is 1.57. The van der Waals surface area contributed by atoms with Crippen LogP contribution < -0.4 is 4.74 Å². The normalized spacial score (nSPS) is 28.1. The van der Waals surface area contributed by atoms with Crippen molar-refractivity contribution in [1.82, 2.24) is 5.01 Å². The lowest BCUT2D eigenvalue weighted by Crippen LogP contribution is -2.48. The maximum Gasteiger partial charge on any atom is 0.191 e. The highest BCUT2D eigenvalue weighted by atomic mass is 16.5. The number of ether oxygens (including phenoxy) is 1. The smallest absolute Gasteiger partial charge is 0.191 e. The van der Waals surface area contributed by atoms with E-state index in [9.17, 15) is 0 Å². The van der Waals surface area contributed by atoms with Gasteiger partial charge in [0.2, 0.25) is 0 Å². The average molecular weight is 358 g/mol. The summed E-state index contributed by atoms with van der Waals surface area (Å²) in [4.78, 5) is 0. The first-order chi connectivity index (χ1) is 13.1. The lowest BCUT2D eigenvalue weighted by molar-refractivity contribution is -0.0763. The second-order valence-corrected chi connectivity index (χ2v) is 8.51. The van der Waals surface area contributed by atoms with Crippen molar-refractivity contribution >= 4 is 5.71 Å². The molecule has 0 spiro atoms. The van der Waals surface area contributed by atoms with Crippen molar-refractivity contribution in [2.45, 2.75) is 45.9 Å². The van der Waals surface area contributed by atoms with Crippen molar-refractivity contribution in [3.05, 3.63) is 77.4 Å². The molecule has 0 aromatic heterocycles. The van der Waals surface area contributed by atoms with Crippen LogP contribution in [0.5, 0.6) is 5.75 Å². The van der Waals surface area contributed by atoms with Crippen molar-refractivity contribution < 1.29 is 4.74 Å². The highest BCUT2D eigenvalue weighted by Gasteiger charge is 2.49. The van der Waals surface area contributed by atoms with Crippen LogP contribution in [0.25, 0.3) is 0 Å². The van der Waals surface area contributed by atoms with E-state index in [1.165, 1.54) is 16.7 Å². The van der Waals surface area contributed by atoms with Gasteiger partial charge < -0.3 is 4.74 Å². The number of hydrogen-bond donors (Lipinski definition) is 0. The van der Waals surface area contributed by atoms with E-state index in [1.54, 1.807) is 0 Å². The van der Waals surface area contributed by atoms with Gasteiger partial charge in [0.25, 0.3) is 0 Å². The molecule has 3 nitrogen and oxygen atoms in total. The van der Waals surface area contributed by atoms with E-state index in [1.807, 2.05) is 0 Å². The van der Waals surface area contributed by atoms with Crippen LogP contribution in [-0.2, 0) is 0 Å². The van der Waals surface area contributed by atoms with E-state index >= 15 is 0 Å². The standard InChI is InChI=1S/C24H26N2O/c1-16-13-14-19(24(16,2)3)23-26-21(18-11-7-8-12-22(18)27-23)15-20(25-26)17-9-5-4-6-10-17/h4-13,19,21,23H,14-15H2,1-3H3. The molecule has 3 heteroatoms. The Morgan fingerprint density at radius 3 is 2.52 bits per heavy atom. The van der Waals surface area contributed by atoms with E-state index in [2.05, 4.69) is 86.5 Å². The summed E-state index contributed by atoms with van der Waals surface area (Å²) in [6.07, 6.45) is 4.32. The van der Waals surface area contributed by atoms with Crippen molar-refractivity contribution in [3.8, 4) is 5.75 Å². The third-order valence-electron chi connectivity index (χ3n) is 6.80. The fraction of sp³-hybridized carbons (Fsp3) is 0.375. The number of para-hydroxylation sites is 1. The molecule has 2 aromatic rings. The molecule has 1 aliphatic carbocycles. The van der Waals surface area contributed by atoms with Gasteiger partial charge in [-0.05, 0) is 30.4 Å². The Hall–Kier alpha value is -2.55. The maximum atomic E-state index is 6.58. The highest BCUT2D eigenvalue weighted by Crippen LogP contribution is 2.51. The van der Waals surface area contributed by atoms with Crippen LogP contribution in [0.15, 0.2) is 71.3 Å². The van der Waals surface area contributed by atoms with E-state index in [0.717, 1.165) is 24.3 Å². The largest absolute Gasteiger partial charge is 0.468 e. The van der Waals surface area contributed by atoms with Crippen LogP contribution in [0, 0.1) is 11.3 Å². The fourth-order valence-corrected chi connectivity index (χ4v) is 4.76. The lowest BCUT2D eigenvalue weighted by Gasteiger charge is -2.44. The third kappa shape index (κ3) is 2.52. The molecule has 2 heterocycles. The second kappa shape index (κ2) is 5.98. The van der Waals surface area contributed by atoms with Crippen LogP contribution in [0.4, 0.5) is 0 Å². The van der Waals surface area contributed by atoms with Crippen LogP contribution in [-0.4, -0.2) is 16.9 Å². The van der Waals surface area contributed by atoms with Gasteiger partial charge in [-0.15, -0.1) is 0 Å². The summed E-state index contributed by atoms with van der Waals surface area (Å²) in [5.74, 6) is 1.42. The maximum absolute atomic E-state index is 6.58. The summed E-state index contributed by atoms with van der Waals surface area (Å²) in [6.45, 7) is 6.93. The van der Waals surface area contributed by atoms with Gasteiger partial charge in [0.05, 0.1) is 11.8 Å². The van der Waals surface area contributed by atoms with Gasteiger partial charge >= 0.3 is 0 Å². The van der Waals surface area contributed by atoms with E-state index in [0.29, 0.717) is 5.92 Å². The summed E-state index contributed by atoms with van der Waals surface area (Å²) in [6, 6.07) is 19.3. The van der Waals surface area contributed by atoms with Crippen LogP contribution in [0.2, 0.25) is 0 Å². The molecule has 3 unspecified atom stereocenters. The molecule has 2 aliphatic heterocycles. The van der Waals surface area contributed by atoms with Gasteiger partial charge in [0.15, 0.2) is 6.23 Å². The molecule has 0 saturated heterocycles. The quantitative estimate of drug-likeness (QED) is 0.658. The zero-order chi connectivity index (χ0) is 18.6. The van der Waals surface area contributed by atoms with Crippen molar-refractivity contribution in [2.24, 2.45) is 16.4 Å². The number of nitrogens with zero attached hydrogens (tertiary/aromatic N) is 2. The second-order valence-electron chi connectivity index (χ2n) is 8.51. The molecule has 3 aliphatic rings. The van der Waals surface area contributed by atoms with Gasteiger partial charge in [0.1, 0.15) is 5.75 Å². The van der Waals surface area contributed by atoms with Gasteiger partial charge in [-0.2, -0.15) is 5.10 Å². The Bertz CT molecular complexity index is 928. The molecule has 2 aromatic carbocycles. The Labute approximate surface area is 161 Å². The highest BCUT2D eigenvalue weighted by molar-refractivity contribution is 6.01. The van der Waals surface area contributed by atoms with Crippen LogP contribution in [0.3, 0.4) is 0 Å². The van der Waals surface area contributed by atoms with Gasteiger partial charge in [0, 0.05) is 17.9 Å². The zero-order valence-electron chi connectivity index (χ0n) is 16.2. The number of rotatable bonds is 2. The predicted octanol–water partition coefficient (Wildman–Crippen LogP) is 5.55. The molecule has 138 valence electrons. The summed E-state index contributed by atoms with van der Waals surface area (Å²) in [5.41, 5.74) is 5.20. The van der Waals surface area contributed by atoms with Crippen LogP contribution >= 0.6 is 0 Å². The molecule has 0 amide bonds. The number of allylic oxidation sites excluding steroid dienone is 2. The first-order valence-electron chi connectivity index (χ1n) is 9.90. The molecule has 0 radical (unpaired) electrons. The number of fused-ring (bicyclic) bond motifs is 3. The molecule has 3 atom stereocenters. The monoisotopic (exact) mass is 358 g/mol. The molecule has 0 fully saturated rings. The SMILES string of the molecule is CC1=CCC(C2Oc3ccccc3C3CC(c4ccccc4)=NN32)C1(C)C. The summed E-state index contributed by atoms with van der Waals surface area (Å²) in [7, 11) is 0. The number of hydrogen-bond acceptors (Lipinski definition) is 3. The molecule has 0 saturated carbocycles. The first-order valence-corrected chi connectivity index (χ1v) is 9.90. The Morgan fingerprint density at radius 2 is 1.78 bits per heavy atom. The minimum Gasteiger partial charge on any atom is -0.468 e. The van der Waals surface area contributed by atoms with E-state index < -0.39 is 0 Å². The molecule has 0 N–H and O–H groups in total. The Morgan fingerprint density at radius 1 is 1.04 bits per heavy atom. The molecular weight excluding hydrogens is 332 g/mol. The minimum absolute atomic E-state index is 0.0326. The molecule has 27 heavy (non-hydrogen) atoms. The topological polar surface area (TPSA) is 24.8 Å². The van der Waals surface area contributed by atoms with Gasteiger partial charge in [-0.3, -0.25) is 0 Å².